The number of aliphatic hydroxyl groups is 1. The number of hydrogen-bond donors (Lipinski definition) is 3. The highest BCUT2D eigenvalue weighted by Crippen LogP contribution is 2.38. The van der Waals surface area contributed by atoms with Crippen molar-refractivity contribution in [1.82, 2.24) is 10.4 Å². The highest BCUT2D eigenvalue weighted by molar-refractivity contribution is 5.78. The zero-order valence-electron chi connectivity index (χ0n) is 13.8. The molecule has 0 saturated heterocycles. The van der Waals surface area contributed by atoms with Gasteiger partial charge in [0.1, 0.15) is 5.75 Å². The van der Waals surface area contributed by atoms with E-state index in [1.165, 1.54) is 6.07 Å². The molecule has 5 nitrogen and oxygen atoms in total. The Morgan fingerprint density at radius 3 is 2.56 bits per heavy atom. The van der Waals surface area contributed by atoms with Crippen molar-refractivity contribution in [3.8, 4) is 5.75 Å². The number of hydrazine groups is 1. The molecule has 0 saturated carbocycles. The number of benzene rings is 1. The number of nitrogens with zero attached hydrogens (tertiary/aromatic N) is 1. The highest BCUT2D eigenvalue weighted by Gasteiger charge is 2.61. The number of nitrogens with one attached hydrogen (secondary N) is 1. The van der Waals surface area contributed by atoms with Crippen LogP contribution in [0.25, 0.3) is 0 Å². The summed E-state index contributed by atoms with van der Waals surface area (Å²) < 4.78 is 39.9. The van der Waals surface area contributed by atoms with Crippen LogP contribution < -0.4 is 5.43 Å². The van der Waals surface area contributed by atoms with Crippen molar-refractivity contribution in [3.63, 3.8) is 0 Å². The summed E-state index contributed by atoms with van der Waals surface area (Å²) >= 11 is 0. The van der Waals surface area contributed by atoms with Crippen molar-refractivity contribution >= 4 is 5.91 Å². The maximum Gasteiger partial charge on any atom is 0.442 e. The number of alkyl halides is 3. The standard InChI is InChI=1S/C17H21F3N2O3/c1-2-3-7-13-11-16(25,17(18,19)20)22(21-13)15(24)10-9-12-6-4-5-8-14(12)23/h4-6,8,11,21,23,25H,2-3,7,9-10H2,1H3/t16-/m1/s1. The fraction of sp³-hybridized carbons (Fsp3) is 0.471. The highest BCUT2D eigenvalue weighted by atomic mass is 19.4. The van der Waals surface area contributed by atoms with E-state index in [9.17, 15) is 28.2 Å². The quantitative estimate of drug-likeness (QED) is 0.731. The summed E-state index contributed by atoms with van der Waals surface area (Å²) in [5, 5.41) is 20.0. The van der Waals surface area contributed by atoms with E-state index in [0.717, 1.165) is 6.42 Å². The molecule has 0 aromatic heterocycles. The number of phenolic OH excluding ortho intramolecular Hbond substituents is 1. The van der Waals surface area contributed by atoms with Crippen LogP contribution in [0.15, 0.2) is 36.0 Å². The number of aryl methyl sites for hydroxylation is 1. The predicted molar refractivity (Wildman–Crippen MR) is 85.0 cm³/mol. The van der Waals surface area contributed by atoms with Gasteiger partial charge in [0.15, 0.2) is 0 Å². The van der Waals surface area contributed by atoms with Gasteiger partial charge in [-0.2, -0.15) is 13.2 Å². The smallest absolute Gasteiger partial charge is 0.442 e. The number of unbranched alkanes of at least 4 members (excludes halogenated alkanes) is 1. The molecule has 1 atom stereocenters. The third-order valence-electron chi connectivity index (χ3n) is 4.04. The van der Waals surface area contributed by atoms with Gasteiger partial charge in [0.25, 0.3) is 5.72 Å². The van der Waals surface area contributed by atoms with E-state index in [4.69, 9.17) is 0 Å². The molecular formula is C17H21F3N2O3. The fourth-order valence-corrected chi connectivity index (χ4v) is 2.60. The molecule has 0 bridgehead atoms. The zero-order chi connectivity index (χ0) is 18.7. The molecule has 0 spiro atoms. The minimum Gasteiger partial charge on any atom is -0.508 e. The van der Waals surface area contributed by atoms with Gasteiger partial charge in [-0.3, -0.25) is 10.2 Å². The van der Waals surface area contributed by atoms with Gasteiger partial charge >= 0.3 is 6.18 Å². The maximum atomic E-state index is 13.3. The topological polar surface area (TPSA) is 72.8 Å². The monoisotopic (exact) mass is 358 g/mol. The zero-order valence-corrected chi connectivity index (χ0v) is 13.8. The van der Waals surface area contributed by atoms with E-state index in [1.54, 1.807) is 18.2 Å². The first kappa shape index (κ1) is 19.1. The molecule has 1 aromatic rings. The van der Waals surface area contributed by atoms with Gasteiger partial charge in [0.2, 0.25) is 5.91 Å². The van der Waals surface area contributed by atoms with Crippen LogP contribution in [-0.4, -0.2) is 33.0 Å². The van der Waals surface area contributed by atoms with E-state index in [2.05, 4.69) is 5.43 Å². The second-order valence-electron chi connectivity index (χ2n) is 5.97. The second kappa shape index (κ2) is 7.35. The lowest BCUT2D eigenvalue weighted by Crippen LogP contribution is -2.60. The molecule has 1 amide bonds. The molecule has 0 aliphatic carbocycles. The second-order valence-corrected chi connectivity index (χ2v) is 5.97. The number of carbonyl (C=O) groups excluding carboxylic acids is 1. The molecule has 0 unspecified atom stereocenters. The lowest BCUT2D eigenvalue weighted by molar-refractivity contribution is -0.289. The Morgan fingerprint density at radius 1 is 1.28 bits per heavy atom. The van der Waals surface area contributed by atoms with Gasteiger partial charge in [-0.1, -0.05) is 31.5 Å². The molecule has 1 aromatic carbocycles. The van der Waals surface area contributed by atoms with Crippen LogP contribution in [0.3, 0.4) is 0 Å². The van der Waals surface area contributed by atoms with Crippen LogP contribution in [0.1, 0.15) is 38.2 Å². The Labute approximate surface area is 143 Å². The molecule has 138 valence electrons. The van der Waals surface area contributed by atoms with Crippen molar-refractivity contribution in [2.45, 2.75) is 50.9 Å². The Hall–Kier alpha value is -2.22. The number of aromatic hydroxyl groups is 1. The molecule has 3 N–H and O–H groups in total. The van der Waals surface area contributed by atoms with Crippen molar-refractivity contribution in [2.24, 2.45) is 0 Å². The van der Waals surface area contributed by atoms with Gasteiger partial charge in [0, 0.05) is 12.1 Å². The van der Waals surface area contributed by atoms with Crippen LogP contribution >= 0.6 is 0 Å². The number of rotatable bonds is 6. The van der Waals surface area contributed by atoms with Gasteiger partial charge in [-0.15, -0.1) is 0 Å². The lowest BCUT2D eigenvalue weighted by atomic mass is 10.1. The Balaban J connectivity index is 2.13. The predicted octanol–water partition coefficient (Wildman–Crippen LogP) is 3.00. The van der Waals surface area contributed by atoms with Gasteiger partial charge in [-0.05, 0) is 37.0 Å². The largest absolute Gasteiger partial charge is 0.508 e. The molecule has 0 fully saturated rings. The Kier molecular flexibility index (Phi) is 5.62. The van der Waals surface area contributed by atoms with Crippen LogP contribution in [0, 0.1) is 0 Å². The van der Waals surface area contributed by atoms with Crippen molar-refractivity contribution in [2.75, 3.05) is 0 Å². The molecule has 8 heteroatoms. The first-order chi connectivity index (χ1) is 11.7. The summed E-state index contributed by atoms with van der Waals surface area (Å²) in [5.41, 5.74) is -0.370. The molecule has 25 heavy (non-hydrogen) atoms. The van der Waals surface area contributed by atoms with E-state index in [-0.39, 0.29) is 29.3 Å². The summed E-state index contributed by atoms with van der Waals surface area (Å²) in [4.78, 5) is 12.3. The van der Waals surface area contributed by atoms with E-state index in [0.29, 0.717) is 24.5 Å². The average molecular weight is 358 g/mol. The average Bonchev–Trinajstić information content (AvgIpc) is 2.90. The SMILES string of the molecule is CCCCC1=C[C@@](O)(C(F)(F)F)N(C(=O)CCc2ccccc2O)N1. The van der Waals surface area contributed by atoms with Gasteiger partial charge < -0.3 is 10.2 Å². The van der Waals surface area contributed by atoms with E-state index < -0.39 is 17.8 Å². The number of phenols is 1. The molecule has 1 heterocycles. The van der Waals surface area contributed by atoms with Crippen LogP contribution in [-0.2, 0) is 11.2 Å². The third-order valence-corrected chi connectivity index (χ3v) is 4.04. The van der Waals surface area contributed by atoms with Crippen molar-refractivity contribution < 1.29 is 28.2 Å². The molecule has 0 radical (unpaired) electrons. The summed E-state index contributed by atoms with van der Waals surface area (Å²) in [6.07, 6.45) is -2.91. The fourth-order valence-electron chi connectivity index (χ4n) is 2.60. The summed E-state index contributed by atoms with van der Waals surface area (Å²) in [7, 11) is 0. The number of carbonyl (C=O) groups is 1. The van der Waals surface area contributed by atoms with Crippen LogP contribution in [0.5, 0.6) is 5.75 Å². The Morgan fingerprint density at radius 2 is 1.96 bits per heavy atom. The molecule has 1 aliphatic rings. The number of halogens is 3. The molecule has 2 rings (SSSR count). The molecular weight excluding hydrogens is 337 g/mol. The third kappa shape index (κ3) is 4.07. The van der Waals surface area contributed by atoms with E-state index in [1.807, 2.05) is 6.92 Å². The lowest BCUT2D eigenvalue weighted by Gasteiger charge is -2.33. The number of para-hydroxylation sites is 1. The summed E-state index contributed by atoms with van der Waals surface area (Å²) in [6, 6.07) is 6.28. The van der Waals surface area contributed by atoms with Gasteiger partial charge in [0.05, 0.1) is 0 Å². The van der Waals surface area contributed by atoms with Gasteiger partial charge in [-0.25, -0.2) is 5.01 Å². The van der Waals surface area contributed by atoms with E-state index >= 15 is 0 Å². The number of amides is 1. The first-order valence-corrected chi connectivity index (χ1v) is 8.06. The molecule has 1 aliphatic heterocycles. The number of hydrogen-bond acceptors (Lipinski definition) is 4. The minimum absolute atomic E-state index is 0.0301. The Bertz CT molecular complexity index is 661. The summed E-state index contributed by atoms with van der Waals surface area (Å²) in [5.74, 6) is -0.941. The number of allylic oxidation sites excluding steroid dienone is 1. The van der Waals surface area contributed by atoms with Crippen LogP contribution in [0.2, 0.25) is 0 Å². The maximum absolute atomic E-state index is 13.3. The van der Waals surface area contributed by atoms with Crippen LogP contribution in [0.4, 0.5) is 13.2 Å². The normalized spacial score (nSPS) is 20.4. The van der Waals surface area contributed by atoms with Crippen molar-refractivity contribution in [1.29, 1.82) is 0 Å². The first-order valence-electron chi connectivity index (χ1n) is 8.06. The summed E-state index contributed by atoms with van der Waals surface area (Å²) in [6.45, 7) is 1.89. The van der Waals surface area contributed by atoms with Crippen molar-refractivity contribution in [3.05, 3.63) is 41.6 Å². The minimum atomic E-state index is -5.03.